The van der Waals surface area contributed by atoms with Crippen LogP contribution in [0.4, 0.5) is 5.69 Å². The Bertz CT molecular complexity index is 762. The molecule has 2 aromatic rings. The minimum absolute atomic E-state index is 0.0983. The fraction of sp³-hybridized carbons (Fsp3) is 0.263. The van der Waals surface area contributed by atoms with E-state index in [1.54, 1.807) is 18.0 Å². The summed E-state index contributed by atoms with van der Waals surface area (Å²) < 4.78 is 0.988. The van der Waals surface area contributed by atoms with Crippen LogP contribution in [0.1, 0.15) is 16.7 Å². The second-order valence-corrected chi connectivity index (χ2v) is 7.66. The van der Waals surface area contributed by atoms with Gasteiger partial charge in [0.1, 0.15) is 0 Å². The van der Waals surface area contributed by atoms with E-state index in [0.717, 1.165) is 21.5 Å². The van der Waals surface area contributed by atoms with Crippen molar-refractivity contribution in [2.75, 3.05) is 24.7 Å². The number of rotatable bonds is 7. The molecule has 0 aromatic heterocycles. The molecule has 6 heteroatoms. The number of anilines is 1. The Morgan fingerprint density at radius 3 is 2.72 bits per heavy atom. The minimum Gasteiger partial charge on any atom is -0.377 e. The summed E-state index contributed by atoms with van der Waals surface area (Å²) in [6, 6.07) is 14.2. The minimum atomic E-state index is -0.0983. The van der Waals surface area contributed by atoms with Crippen molar-refractivity contribution in [1.82, 2.24) is 5.43 Å². The molecule has 4 nitrogen and oxygen atoms in total. The van der Waals surface area contributed by atoms with E-state index < -0.39 is 0 Å². The van der Waals surface area contributed by atoms with Gasteiger partial charge in [0, 0.05) is 24.3 Å². The fourth-order valence-electron chi connectivity index (χ4n) is 2.20. The Balaban J connectivity index is 1.79. The molecule has 25 heavy (non-hydrogen) atoms. The SMILES string of the molecule is Cc1ccccc1CSCC(=O)N/N=C/c1ccc(N(C)C)c(Br)c1. The van der Waals surface area contributed by atoms with E-state index in [9.17, 15) is 4.79 Å². The molecule has 2 aromatic carbocycles. The summed E-state index contributed by atoms with van der Waals surface area (Å²) in [5, 5.41) is 4.03. The van der Waals surface area contributed by atoms with Gasteiger partial charge in [-0.1, -0.05) is 30.3 Å². The lowest BCUT2D eigenvalue weighted by atomic mass is 10.1. The van der Waals surface area contributed by atoms with E-state index in [2.05, 4.69) is 45.5 Å². The molecule has 0 bridgehead atoms. The molecule has 0 saturated heterocycles. The van der Waals surface area contributed by atoms with Crippen LogP contribution in [0.15, 0.2) is 52.0 Å². The van der Waals surface area contributed by atoms with Crippen LogP contribution in [0.2, 0.25) is 0 Å². The van der Waals surface area contributed by atoms with Gasteiger partial charge in [0.2, 0.25) is 5.91 Å². The van der Waals surface area contributed by atoms with Crippen molar-refractivity contribution in [2.24, 2.45) is 5.10 Å². The van der Waals surface area contributed by atoms with Crippen LogP contribution in [0.3, 0.4) is 0 Å². The molecule has 0 aliphatic heterocycles. The van der Waals surface area contributed by atoms with Gasteiger partial charge in [-0.05, 0) is 51.7 Å². The molecule has 0 saturated carbocycles. The first-order chi connectivity index (χ1) is 12.0. The third-order valence-corrected chi connectivity index (χ3v) is 5.22. The second kappa shape index (κ2) is 9.63. The van der Waals surface area contributed by atoms with Crippen molar-refractivity contribution in [1.29, 1.82) is 0 Å². The number of hydrogen-bond acceptors (Lipinski definition) is 4. The van der Waals surface area contributed by atoms with Crippen molar-refractivity contribution >= 4 is 45.5 Å². The van der Waals surface area contributed by atoms with E-state index in [1.165, 1.54) is 11.1 Å². The number of thioether (sulfide) groups is 1. The van der Waals surface area contributed by atoms with Gasteiger partial charge in [-0.3, -0.25) is 4.79 Å². The first kappa shape index (κ1) is 19.5. The average molecular weight is 420 g/mol. The highest BCUT2D eigenvalue weighted by Crippen LogP contribution is 2.25. The standard InChI is InChI=1S/C19H22BrN3OS/c1-14-6-4-5-7-16(14)12-25-13-19(24)22-21-11-15-8-9-18(23(2)3)17(20)10-15/h4-11H,12-13H2,1-3H3,(H,22,24)/b21-11+. The lowest BCUT2D eigenvalue weighted by Crippen LogP contribution is -2.19. The number of carbonyl (C=O) groups is 1. The zero-order valence-corrected chi connectivity index (χ0v) is 17.0. The number of nitrogens with one attached hydrogen (secondary N) is 1. The van der Waals surface area contributed by atoms with Gasteiger partial charge in [-0.2, -0.15) is 5.10 Å². The lowest BCUT2D eigenvalue weighted by Gasteiger charge is -2.14. The summed E-state index contributed by atoms with van der Waals surface area (Å²) in [7, 11) is 3.98. The zero-order chi connectivity index (χ0) is 18.2. The highest BCUT2D eigenvalue weighted by atomic mass is 79.9. The van der Waals surface area contributed by atoms with Crippen LogP contribution in [0.25, 0.3) is 0 Å². The van der Waals surface area contributed by atoms with Crippen molar-refractivity contribution in [3.05, 3.63) is 63.6 Å². The number of hydrogen-bond donors (Lipinski definition) is 1. The Morgan fingerprint density at radius 1 is 1.28 bits per heavy atom. The van der Waals surface area contributed by atoms with E-state index in [4.69, 9.17) is 0 Å². The van der Waals surface area contributed by atoms with Crippen molar-refractivity contribution in [3.63, 3.8) is 0 Å². The largest absolute Gasteiger partial charge is 0.377 e. The number of aryl methyl sites for hydroxylation is 1. The van der Waals surface area contributed by atoms with Crippen LogP contribution in [0.5, 0.6) is 0 Å². The van der Waals surface area contributed by atoms with E-state index in [1.807, 2.05) is 49.3 Å². The third-order valence-electron chi connectivity index (χ3n) is 3.61. The number of hydrazone groups is 1. The molecule has 0 atom stereocenters. The molecule has 0 aliphatic carbocycles. The normalized spacial score (nSPS) is 10.9. The molecule has 0 heterocycles. The Labute approximate surface area is 161 Å². The first-order valence-corrected chi connectivity index (χ1v) is 9.83. The van der Waals surface area contributed by atoms with E-state index in [0.29, 0.717) is 5.75 Å². The molecular formula is C19H22BrN3OS. The summed E-state index contributed by atoms with van der Waals surface area (Å²) in [6.07, 6.45) is 1.65. The Kier molecular flexibility index (Phi) is 7.52. The predicted molar refractivity (Wildman–Crippen MR) is 112 cm³/mol. The van der Waals surface area contributed by atoms with Crippen molar-refractivity contribution in [3.8, 4) is 0 Å². The van der Waals surface area contributed by atoms with Gasteiger partial charge in [0.05, 0.1) is 17.7 Å². The molecule has 0 unspecified atom stereocenters. The maximum absolute atomic E-state index is 11.9. The number of carbonyl (C=O) groups excluding carboxylic acids is 1. The molecule has 0 fully saturated rings. The smallest absolute Gasteiger partial charge is 0.250 e. The van der Waals surface area contributed by atoms with Crippen LogP contribution < -0.4 is 10.3 Å². The maximum Gasteiger partial charge on any atom is 0.250 e. The highest BCUT2D eigenvalue weighted by Gasteiger charge is 2.04. The summed E-state index contributed by atoms with van der Waals surface area (Å²) in [4.78, 5) is 13.9. The fourth-order valence-corrected chi connectivity index (χ4v) is 3.85. The number of nitrogens with zero attached hydrogens (tertiary/aromatic N) is 2. The second-order valence-electron chi connectivity index (χ2n) is 5.82. The van der Waals surface area contributed by atoms with Crippen LogP contribution in [-0.4, -0.2) is 32.0 Å². The molecule has 0 radical (unpaired) electrons. The van der Waals surface area contributed by atoms with Crippen molar-refractivity contribution < 1.29 is 4.79 Å². The third kappa shape index (κ3) is 6.21. The summed E-state index contributed by atoms with van der Waals surface area (Å²) in [5.74, 6) is 1.11. The highest BCUT2D eigenvalue weighted by molar-refractivity contribution is 9.10. The molecule has 2 rings (SSSR count). The van der Waals surface area contributed by atoms with E-state index in [-0.39, 0.29) is 5.91 Å². The van der Waals surface area contributed by atoms with Gasteiger partial charge < -0.3 is 4.90 Å². The Hall–Kier alpha value is -1.79. The summed E-state index contributed by atoms with van der Waals surface area (Å²) in [5.41, 5.74) is 7.09. The molecule has 0 aliphatic rings. The lowest BCUT2D eigenvalue weighted by molar-refractivity contribution is -0.118. The van der Waals surface area contributed by atoms with Crippen molar-refractivity contribution in [2.45, 2.75) is 12.7 Å². The van der Waals surface area contributed by atoms with Crippen LogP contribution in [-0.2, 0) is 10.5 Å². The first-order valence-electron chi connectivity index (χ1n) is 7.88. The van der Waals surface area contributed by atoms with Gasteiger partial charge in [0.15, 0.2) is 0 Å². The predicted octanol–water partition coefficient (Wildman–Crippen LogP) is 4.21. The molecule has 132 valence electrons. The maximum atomic E-state index is 11.9. The summed E-state index contributed by atoms with van der Waals surface area (Å²) in [6.45, 7) is 2.08. The van der Waals surface area contributed by atoms with Gasteiger partial charge >= 0.3 is 0 Å². The number of halogens is 1. The Morgan fingerprint density at radius 2 is 2.04 bits per heavy atom. The molecule has 1 amide bonds. The molecular weight excluding hydrogens is 398 g/mol. The van der Waals surface area contributed by atoms with Gasteiger partial charge in [-0.15, -0.1) is 11.8 Å². The number of benzene rings is 2. The van der Waals surface area contributed by atoms with Gasteiger partial charge in [0.25, 0.3) is 0 Å². The average Bonchev–Trinajstić information content (AvgIpc) is 2.56. The summed E-state index contributed by atoms with van der Waals surface area (Å²) >= 11 is 5.12. The van der Waals surface area contributed by atoms with Crippen LogP contribution in [0, 0.1) is 6.92 Å². The van der Waals surface area contributed by atoms with Crippen LogP contribution >= 0.6 is 27.7 Å². The zero-order valence-electron chi connectivity index (χ0n) is 14.6. The topological polar surface area (TPSA) is 44.7 Å². The molecule has 0 spiro atoms. The number of amides is 1. The molecule has 1 N–H and O–H groups in total. The monoisotopic (exact) mass is 419 g/mol. The quantitative estimate of drug-likeness (QED) is 0.539. The van der Waals surface area contributed by atoms with E-state index >= 15 is 0 Å². The van der Waals surface area contributed by atoms with Gasteiger partial charge in [-0.25, -0.2) is 5.43 Å².